The van der Waals surface area contributed by atoms with Crippen molar-refractivity contribution >= 4 is 33.6 Å². The average molecular weight is 1000 g/mol. The molecule has 3 saturated heterocycles. The zero-order valence-corrected chi connectivity index (χ0v) is 40.9. The first kappa shape index (κ1) is 55.5. The van der Waals surface area contributed by atoms with Gasteiger partial charge in [-0.25, -0.2) is 9.63 Å². The van der Waals surface area contributed by atoms with Crippen LogP contribution in [0.25, 0.3) is 0 Å². The van der Waals surface area contributed by atoms with Gasteiger partial charge in [0.25, 0.3) is 10.0 Å². The number of benzene rings is 3. The van der Waals surface area contributed by atoms with Crippen molar-refractivity contribution in [1.29, 1.82) is 0 Å². The molecule has 0 bridgehead atoms. The highest BCUT2D eigenvalue weighted by atomic mass is 32.2. The van der Waals surface area contributed by atoms with Gasteiger partial charge in [0.1, 0.15) is 34.3 Å². The number of sulfonamides is 1. The van der Waals surface area contributed by atoms with Gasteiger partial charge in [-0.15, -0.1) is 0 Å². The number of hydrogen-bond donors (Lipinski definition) is 1. The van der Waals surface area contributed by atoms with Crippen molar-refractivity contribution in [1.82, 2.24) is 19.5 Å². The number of rotatable bonds is 10. The van der Waals surface area contributed by atoms with Crippen LogP contribution >= 0.6 is 0 Å². The molecule has 69 heavy (non-hydrogen) atoms. The van der Waals surface area contributed by atoms with E-state index in [9.17, 15) is 49.1 Å². The Bertz CT molecular complexity index is 2330. The highest BCUT2D eigenvalue weighted by Crippen LogP contribution is 2.40. The number of ether oxygens (including phenoxy) is 6. The summed E-state index contributed by atoms with van der Waals surface area (Å²) in [5.41, 5.74) is 3.29. The third-order valence-electron chi connectivity index (χ3n) is 11.2. The zero-order valence-electron chi connectivity index (χ0n) is 40.1. The number of halogens is 6. The van der Waals surface area contributed by atoms with E-state index >= 15 is 0 Å². The van der Waals surface area contributed by atoms with E-state index in [0.29, 0.717) is 60.3 Å². The summed E-state index contributed by atoms with van der Waals surface area (Å²) in [6, 6.07) is 13.1. The van der Waals surface area contributed by atoms with E-state index < -0.39 is 45.9 Å². The lowest BCUT2D eigenvalue weighted by atomic mass is 9.95. The van der Waals surface area contributed by atoms with Crippen molar-refractivity contribution < 1.29 is 77.6 Å². The lowest BCUT2D eigenvalue weighted by Gasteiger charge is -2.23. The van der Waals surface area contributed by atoms with Crippen LogP contribution in [0.2, 0.25) is 0 Å². The van der Waals surface area contributed by atoms with Crippen molar-refractivity contribution in [3.05, 3.63) is 70.8 Å². The minimum absolute atomic E-state index is 0.0287. The van der Waals surface area contributed by atoms with Gasteiger partial charge in [-0.3, -0.25) is 9.59 Å². The number of carbonyl (C=O) groups is 3. The molecule has 3 amide bonds. The van der Waals surface area contributed by atoms with E-state index in [0.717, 1.165) is 32.1 Å². The van der Waals surface area contributed by atoms with Crippen LogP contribution in [0.3, 0.4) is 0 Å². The van der Waals surface area contributed by atoms with E-state index in [1.807, 2.05) is 13.8 Å². The van der Waals surface area contributed by atoms with Crippen molar-refractivity contribution in [3.8, 4) is 28.7 Å². The second-order valence-electron chi connectivity index (χ2n) is 17.2. The van der Waals surface area contributed by atoms with E-state index in [1.165, 1.54) is 52.6 Å². The fourth-order valence-electron chi connectivity index (χ4n) is 7.69. The number of alkyl halides is 6. The Hall–Kier alpha value is -6.13. The van der Waals surface area contributed by atoms with E-state index in [4.69, 9.17) is 28.4 Å². The smallest absolute Gasteiger partial charge is 0.471 e. The topological polar surface area (TPSA) is 175 Å². The maximum absolute atomic E-state index is 12.5. The highest BCUT2D eigenvalue weighted by molar-refractivity contribution is 7.89. The van der Waals surface area contributed by atoms with Crippen molar-refractivity contribution in [3.63, 3.8) is 0 Å². The molecule has 0 radical (unpaired) electrons. The molecule has 0 unspecified atom stereocenters. The molecule has 1 N–H and O–H groups in total. The van der Waals surface area contributed by atoms with Crippen LogP contribution in [-0.4, -0.2) is 140 Å². The quantitative estimate of drug-likeness (QED) is 0.155. The summed E-state index contributed by atoms with van der Waals surface area (Å²) >= 11 is 0. The van der Waals surface area contributed by atoms with Crippen molar-refractivity contribution in [2.45, 2.75) is 88.6 Å². The summed E-state index contributed by atoms with van der Waals surface area (Å²) in [5, 5.41) is 3.94. The summed E-state index contributed by atoms with van der Waals surface area (Å²) in [6.07, 6.45) is -8.68. The number of methoxy groups -OCH3 is 5. The number of likely N-dealkylation sites (tertiary alicyclic amines) is 3. The highest BCUT2D eigenvalue weighted by Gasteiger charge is 2.46. The summed E-state index contributed by atoms with van der Waals surface area (Å²) < 4.78 is 131. The third-order valence-corrected chi connectivity index (χ3v) is 12.4. The van der Waals surface area contributed by atoms with Gasteiger partial charge in [0, 0.05) is 62.1 Å². The molecule has 3 fully saturated rings. The number of hydrazone groups is 1. The van der Waals surface area contributed by atoms with Gasteiger partial charge in [-0.05, 0) is 107 Å². The van der Waals surface area contributed by atoms with Crippen molar-refractivity contribution in [2.24, 2.45) is 5.10 Å². The van der Waals surface area contributed by atoms with E-state index in [2.05, 4.69) is 9.93 Å². The van der Waals surface area contributed by atoms with Crippen LogP contribution in [0.1, 0.15) is 74.1 Å². The Labute approximate surface area is 397 Å². The zero-order chi connectivity index (χ0) is 51.6. The minimum Gasteiger partial charge on any atom is -0.497 e. The van der Waals surface area contributed by atoms with Gasteiger partial charge < -0.3 is 43.1 Å². The Balaban J connectivity index is 0.000000226. The molecular formula is C46H59F6N5O11S. The molecule has 382 valence electrons. The third kappa shape index (κ3) is 14.9. The van der Waals surface area contributed by atoms with Crippen LogP contribution < -0.4 is 28.5 Å². The fourth-order valence-corrected chi connectivity index (χ4v) is 8.54. The molecule has 3 aliphatic heterocycles. The molecule has 2 atom stereocenters. The normalized spacial score (nSPS) is 17.9. The maximum atomic E-state index is 12.5. The summed E-state index contributed by atoms with van der Waals surface area (Å²) in [6.45, 7) is 10.0. The van der Waals surface area contributed by atoms with Gasteiger partial charge in [0.2, 0.25) is 0 Å². The van der Waals surface area contributed by atoms with Crippen LogP contribution in [0.15, 0.2) is 58.5 Å². The Kier molecular flexibility index (Phi) is 18.5. The predicted octanol–water partition coefficient (Wildman–Crippen LogP) is 7.75. The number of nitrogens with zero attached hydrogens (tertiary/aromatic N) is 4. The predicted molar refractivity (Wildman–Crippen MR) is 242 cm³/mol. The van der Waals surface area contributed by atoms with Crippen molar-refractivity contribution in [2.75, 3.05) is 74.8 Å². The number of aryl methyl sites for hydroxylation is 2. The molecule has 3 aromatic rings. The van der Waals surface area contributed by atoms with Gasteiger partial charge >= 0.3 is 30.3 Å². The minimum atomic E-state index is -4.83. The lowest BCUT2D eigenvalue weighted by Crippen LogP contribution is -2.39. The summed E-state index contributed by atoms with van der Waals surface area (Å²) in [5.74, 6) is -0.899. The first-order chi connectivity index (χ1) is 32.2. The van der Waals surface area contributed by atoms with Crippen LogP contribution in [0.5, 0.6) is 28.7 Å². The molecule has 3 aromatic carbocycles. The van der Waals surface area contributed by atoms with Crippen LogP contribution in [0.4, 0.5) is 31.1 Å². The molecule has 3 aliphatic rings. The van der Waals surface area contributed by atoms with Gasteiger partial charge in [-0.2, -0.15) is 39.9 Å². The molecule has 23 heteroatoms. The molecule has 0 saturated carbocycles. The second kappa shape index (κ2) is 23.0. The Morgan fingerprint density at radius 1 is 0.638 bits per heavy atom. The van der Waals surface area contributed by atoms with E-state index in [-0.39, 0.29) is 49.5 Å². The fraction of sp³-hybridized carbons (Fsp3) is 0.522. The lowest BCUT2D eigenvalue weighted by molar-refractivity contribution is -0.184. The van der Waals surface area contributed by atoms with Crippen LogP contribution in [-0.2, 0) is 24.3 Å². The number of amides is 3. The molecule has 6 rings (SSSR count). The van der Waals surface area contributed by atoms with Crippen LogP contribution in [0, 0.1) is 13.8 Å². The number of hydrogen-bond acceptors (Lipinski definition) is 12. The molecule has 0 aliphatic carbocycles. The SMILES string of the molecule is COc1cc([C@@H]2CCN(C(=O)C(F)(F)F)C2)c(OC)cc1C.COc1cc([C@H]2CCN(C(=O)C(F)(F)F)C2)c(OC)cc1C.COc1ccc(S(=O)(=O)N/N=C2\CCN(C(=O)OC(C)(C)C)C2)cc1. The number of carbonyl (C=O) groups excluding carboxylic acids is 3. The average Bonchev–Trinajstić information content (AvgIpc) is 4.09. The van der Waals surface area contributed by atoms with Gasteiger partial charge in [-0.1, -0.05) is 0 Å². The first-order valence-electron chi connectivity index (χ1n) is 21.5. The van der Waals surface area contributed by atoms with E-state index in [1.54, 1.807) is 57.2 Å². The number of nitrogens with one attached hydrogen (secondary N) is 1. The largest absolute Gasteiger partial charge is 0.497 e. The second-order valence-corrected chi connectivity index (χ2v) is 18.9. The molecule has 0 aromatic heterocycles. The Morgan fingerprint density at radius 3 is 1.45 bits per heavy atom. The first-order valence-corrected chi connectivity index (χ1v) is 23.0. The van der Waals surface area contributed by atoms with Gasteiger partial charge in [0.05, 0.1) is 52.7 Å². The molecule has 16 nitrogen and oxygen atoms in total. The molecule has 0 spiro atoms. The molecular weight excluding hydrogens is 945 g/mol. The summed E-state index contributed by atoms with van der Waals surface area (Å²) in [7, 11) is 3.83. The Morgan fingerprint density at radius 2 is 1.07 bits per heavy atom. The maximum Gasteiger partial charge on any atom is 0.471 e. The van der Waals surface area contributed by atoms with Gasteiger partial charge in [0.15, 0.2) is 0 Å². The standard InChI is InChI=1S/C16H23N3O5S.2C15H18F3NO3/c1-16(2,3)24-15(20)19-10-9-12(11-19)17-18-25(21,22)14-7-5-13(23-4)6-8-14;2*1-9-6-13(22-3)11(7-12(9)21-2)10-4-5-19(8-10)14(20)15(16,17)18/h5-8,18H,9-11H2,1-4H3;2*6-7,10H,4-5,8H2,1-3H3/b17-12+;;/t;2*10-/m.10/s1. The summed E-state index contributed by atoms with van der Waals surface area (Å²) in [4.78, 5) is 40.1. The molecule has 3 heterocycles. The monoisotopic (exact) mass is 1000 g/mol.